The molecule has 1 aromatic rings. The van der Waals surface area contributed by atoms with Crippen LogP contribution in [-0.2, 0) is 14.2 Å². The number of hydrogen-bond acceptors (Lipinski definition) is 4. The summed E-state index contributed by atoms with van der Waals surface area (Å²) >= 11 is 0. The summed E-state index contributed by atoms with van der Waals surface area (Å²) in [7, 11) is 0.325. The molecule has 0 saturated carbocycles. The Balaban J connectivity index is 2.31. The number of benzene rings is 1. The fraction of sp³-hybridized carbons (Fsp3) is 0.300. The number of ether oxygens (including phenoxy) is 1. The summed E-state index contributed by atoms with van der Waals surface area (Å²) in [6.07, 6.45) is 0.139. The Morgan fingerprint density at radius 1 is 1.40 bits per heavy atom. The molecule has 0 saturated heterocycles. The first kappa shape index (κ1) is 11.7. The van der Waals surface area contributed by atoms with Crippen LogP contribution in [0.4, 0.5) is 0 Å². The van der Waals surface area contributed by atoms with Crippen molar-refractivity contribution in [2.75, 3.05) is 13.7 Å². The summed E-state index contributed by atoms with van der Waals surface area (Å²) in [6, 6.07) is 8.97. The number of carbonyl (C=O) groups is 1. The number of rotatable bonds is 5. The van der Waals surface area contributed by atoms with E-state index in [9.17, 15) is 9.82 Å². The quantitative estimate of drug-likeness (QED) is 0.544. The average molecular weight is 208 g/mol. The van der Waals surface area contributed by atoms with Crippen molar-refractivity contribution >= 4 is 18.6 Å². The van der Waals surface area contributed by atoms with Gasteiger partial charge in [-0.25, -0.2) is 0 Å². The Morgan fingerprint density at radius 3 is 2.67 bits per heavy atom. The zero-order chi connectivity index (χ0) is 11.1. The molecule has 0 heterocycles. The van der Waals surface area contributed by atoms with Crippen molar-refractivity contribution in [3.05, 3.63) is 30.3 Å². The highest BCUT2D eigenvalue weighted by Crippen LogP contribution is 1.91. The van der Waals surface area contributed by atoms with Crippen molar-refractivity contribution in [3.63, 3.8) is 0 Å². The molecular weight excluding hydrogens is 195 g/mol. The fourth-order valence-corrected chi connectivity index (χ4v) is 1.07. The Bertz CT molecular complexity index is 302. The molecule has 0 amide bonds. The summed E-state index contributed by atoms with van der Waals surface area (Å²) in [6.45, 7) is 0.142. The van der Waals surface area contributed by atoms with E-state index < -0.39 is 7.12 Å². The highest BCUT2D eigenvalue weighted by molar-refractivity contribution is 6.59. The van der Waals surface area contributed by atoms with Gasteiger partial charge in [-0.05, 0) is 5.46 Å². The van der Waals surface area contributed by atoms with E-state index in [-0.39, 0.29) is 19.0 Å². The van der Waals surface area contributed by atoms with Gasteiger partial charge in [-0.3, -0.25) is 4.79 Å². The van der Waals surface area contributed by atoms with E-state index >= 15 is 0 Å². The molecule has 15 heavy (non-hydrogen) atoms. The van der Waals surface area contributed by atoms with Crippen LogP contribution in [0.15, 0.2) is 30.3 Å². The van der Waals surface area contributed by atoms with Crippen molar-refractivity contribution in [1.82, 2.24) is 0 Å². The Morgan fingerprint density at radius 2 is 2.07 bits per heavy atom. The van der Waals surface area contributed by atoms with Crippen molar-refractivity contribution in [2.45, 2.75) is 6.42 Å². The highest BCUT2D eigenvalue weighted by atomic mass is 16.5. The van der Waals surface area contributed by atoms with Gasteiger partial charge in [-0.15, -0.1) is 0 Å². The molecule has 0 bridgehead atoms. The van der Waals surface area contributed by atoms with Crippen molar-refractivity contribution < 1.29 is 19.2 Å². The second kappa shape index (κ2) is 6.21. The lowest BCUT2D eigenvalue weighted by Gasteiger charge is -2.07. The number of methoxy groups -OCH3 is 1. The third kappa shape index (κ3) is 4.14. The molecular formula is C10H13BO4. The summed E-state index contributed by atoms with van der Waals surface area (Å²) in [5.74, 6) is -0.352. The summed E-state index contributed by atoms with van der Waals surface area (Å²) in [4.78, 5) is 10.7. The predicted octanol–water partition coefficient (Wildman–Crippen LogP) is -0.0462. The predicted molar refractivity (Wildman–Crippen MR) is 56.6 cm³/mol. The monoisotopic (exact) mass is 208 g/mol. The minimum Gasteiger partial charge on any atom is -0.469 e. The van der Waals surface area contributed by atoms with Gasteiger partial charge in [0.2, 0.25) is 0 Å². The highest BCUT2D eigenvalue weighted by Gasteiger charge is 2.15. The second-order valence-corrected chi connectivity index (χ2v) is 2.96. The van der Waals surface area contributed by atoms with Gasteiger partial charge in [0, 0.05) is 6.61 Å². The molecule has 0 fully saturated rings. The van der Waals surface area contributed by atoms with E-state index in [0.717, 1.165) is 0 Å². The van der Waals surface area contributed by atoms with Crippen molar-refractivity contribution in [1.29, 1.82) is 0 Å². The van der Waals surface area contributed by atoms with Gasteiger partial charge in [0.1, 0.15) is 0 Å². The molecule has 0 atom stereocenters. The number of hydrogen-bond donors (Lipinski definition) is 1. The maximum absolute atomic E-state index is 10.7. The lowest BCUT2D eigenvalue weighted by atomic mass is 9.80. The maximum Gasteiger partial charge on any atom is 0.491 e. The van der Waals surface area contributed by atoms with Crippen LogP contribution >= 0.6 is 0 Å². The minimum absolute atomic E-state index is 0.139. The molecule has 0 unspecified atom stereocenters. The lowest BCUT2D eigenvalue weighted by Crippen LogP contribution is -2.34. The Kier molecular flexibility index (Phi) is 4.87. The Hall–Kier alpha value is -1.33. The normalized spacial score (nSPS) is 9.73. The lowest BCUT2D eigenvalue weighted by molar-refractivity contribution is -0.141. The van der Waals surface area contributed by atoms with Gasteiger partial charge in [0.05, 0.1) is 13.5 Å². The third-order valence-electron chi connectivity index (χ3n) is 1.89. The van der Waals surface area contributed by atoms with Gasteiger partial charge < -0.3 is 14.4 Å². The van der Waals surface area contributed by atoms with E-state index in [2.05, 4.69) is 4.74 Å². The van der Waals surface area contributed by atoms with Crippen molar-refractivity contribution in [2.24, 2.45) is 0 Å². The molecule has 5 heteroatoms. The molecule has 0 radical (unpaired) electrons. The van der Waals surface area contributed by atoms with Crippen LogP contribution in [0.5, 0.6) is 0 Å². The third-order valence-corrected chi connectivity index (χ3v) is 1.89. The van der Waals surface area contributed by atoms with Crippen LogP contribution in [0, 0.1) is 0 Å². The van der Waals surface area contributed by atoms with Crippen LogP contribution in [0.3, 0.4) is 0 Å². The molecule has 1 rings (SSSR count). The van der Waals surface area contributed by atoms with E-state index in [1.807, 2.05) is 18.2 Å². The molecule has 0 aliphatic heterocycles. The van der Waals surface area contributed by atoms with Gasteiger partial charge >= 0.3 is 13.1 Å². The van der Waals surface area contributed by atoms with Gasteiger partial charge in [-0.1, -0.05) is 30.3 Å². The maximum atomic E-state index is 10.7. The standard InChI is InChI=1S/C10H13BO4/c1-14-10(12)7-8-15-11(13)9-5-3-2-4-6-9/h2-6,13H,7-8H2,1H3. The van der Waals surface area contributed by atoms with E-state index in [1.54, 1.807) is 12.1 Å². The summed E-state index contributed by atoms with van der Waals surface area (Å²) < 4.78 is 9.49. The second-order valence-electron chi connectivity index (χ2n) is 2.96. The molecule has 0 aliphatic rings. The molecule has 4 nitrogen and oxygen atoms in total. The van der Waals surface area contributed by atoms with Crippen molar-refractivity contribution in [3.8, 4) is 0 Å². The van der Waals surface area contributed by atoms with Crippen LogP contribution in [0.2, 0.25) is 0 Å². The first-order valence-corrected chi connectivity index (χ1v) is 4.65. The summed E-state index contributed by atoms with van der Waals surface area (Å²) in [5, 5.41) is 9.53. The Labute approximate surface area is 89.0 Å². The molecule has 0 spiro atoms. The molecule has 1 N–H and O–H groups in total. The minimum atomic E-state index is -0.990. The average Bonchev–Trinajstić information content (AvgIpc) is 2.29. The number of esters is 1. The van der Waals surface area contributed by atoms with E-state index in [1.165, 1.54) is 7.11 Å². The van der Waals surface area contributed by atoms with Crippen LogP contribution in [-0.4, -0.2) is 31.8 Å². The molecule has 80 valence electrons. The van der Waals surface area contributed by atoms with E-state index in [4.69, 9.17) is 4.65 Å². The SMILES string of the molecule is COC(=O)CCOB(O)c1ccccc1. The smallest absolute Gasteiger partial charge is 0.469 e. The first-order valence-electron chi connectivity index (χ1n) is 4.65. The summed E-state index contributed by atoms with van der Waals surface area (Å²) in [5.41, 5.74) is 0.669. The van der Waals surface area contributed by atoms with Gasteiger partial charge in [0.15, 0.2) is 0 Å². The topological polar surface area (TPSA) is 55.8 Å². The first-order chi connectivity index (χ1) is 7.24. The molecule has 0 aromatic heterocycles. The zero-order valence-corrected chi connectivity index (χ0v) is 8.55. The van der Waals surface area contributed by atoms with Gasteiger partial charge in [-0.2, -0.15) is 0 Å². The largest absolute Gasteiger partial charge is 0.491 e. The molecule has 1 aromatic carbocycles. The van der Waals surface area contributed by atoms with Crippen LogP contribution in [0.1, 0.15) is 6.42 Å². The number of carbonyl (C=O) groups excluding carboxylic acids is 1. The van der Waals surface area contributed by atoms with Crippen LogP contribution in [0.25, 0.3) is 0 Å². The van der Waals surface area contributed by atoms with Gasteiger partial charge in [0.25, 0.3) is 0 Å². The fourth-order valence-electron chi connectivity index (χ4n) is 1.07. The van der Waals surface area contributed by atoms with Crippen LogP contribution < -0.4 is 5.46 Å². The van der Waals surface area contributed by atoms with E-state index in [0.29, 0.717) is 5.46 Å². The zero-order valence-electron chi connectivity index (χ0n) is 8.55. The molecule has 0 aliphatic carbocycles.